The van der Waals surface area contributed by atoms with Crippen molar-refractivity contribution in [2.75, 3.05) is 5.73 Å². The van der Waals surface area contributed by atoms with E-state index in [1.807, 2.05) is 0 Å². The summed E-state index contributed by atoms with van der Waals surface area (Å²) in [6, 6.07) is 10.6. The number of ketones is 1. The van der Waals surface area contributed by atoms with Crippen molar-refractivity contribution in [2.24, 2.45) is 0 Å². The van der Waals surface area contributed by atoms with Crippen molar-refractivity contribution in [3.8, 4) is 0 Å². The molecular weight excluding hydrogens is 241 g/mol. The van der Waals surface area contributed by atoms with Crippen molar-refractivity contribution in [1.29, 1.82) is 0 Å². The van der Waals surface area contributed by atoms with Crippen LogP contribution in [0, 0.1) is 5.82 Å². The molecule has 86 valence electrons. The van der Waals surface area contributed by atoms with Gasteiger partial charge in [-0.1, -0.05) is 29.8 Å². The number of hydrogen-bond acceptors (Lipinski definition) is 2. The first-order valence-electron chi connectivity index (χ1n) is 4.94. The highest BCUT2D eigenvalue weighted by Gasteiger charge is 2.18. The molecule has 2 N–H and O–H groups in total. The standard InChI is InChI=1S/C13H9ClFNO/c14-9-5-2-1-4-8(9)13(17)12-10(15)6-3-7-11(12)16/h1-7H,16H2. The number of rotatable bonds is 2. The van der Waals surface area contributed by atoms with Crippen molar-refractivity contribution >= 4 is 23.1 Å². The molecule has 0 fully saturated rings. The van der Waals surface area contributed by atoms with Crippen LogP contribution in [0.2, 0.25) is 5.02 Å². The van der Waals surface area contributed by atoms with Gasteiger partial charge in [-0.25, -0.2) is 4.39 Å². The Morgan fingerprint density at radius 1 is 1.12 bits per heavy atom. The number of benzene rings is 2. The fourth-order valence-electron chi connectivity index (χ4n) is 1.56. The minimum absolute atomic E-state index is 0.106. The first-order valence-corrected chi connectivity index (χ1v) is 5.32. The second-order valence-electron chi connectivity index (χ2n) is 3.51. The predicted molar refractivity (Wildman–Crippen MR) is 65.7 cm³/mol. The van der Waals surface area contributed by atoms with Crippen LogP contribution >= 0.6 is 11.6 Å². The third kappa shape index (κ3) is 2.15. The summed E-state index contributed by atoms with van der Waals surface area (Å²) >= 11 is 5.89. The Kier molecular flexibility index (Phi) is 3.11. The van der Waals surface area contributed by atoms with Crippen LogP contribution in [-0.4, -0.2) is 5.78 Å². The maximum atomic E-state index is 13.6. The van der Waals surface area contributed by atoms with Crippen molar-refractivity contribution in [1.82, 2.24) is 0 Å². The molecule has 0 unspecified atom stereocenters. The topological polar surface area (TPSA) is 43.1 Å². The largest absolute Gasteiger partial charge is 0.398 e. The van der Waals surface area contributed by atoms with Gasteiger partial charge in [-0.2, -0.15) is 0 Å². The van der Waals surface area contributed by atoms with E-state index in [1.54, 1.807) is 18.2 Å². The number of carbonyl (C=O) groups is 1. The highest BCUT2D eigenvalue weighted by molar-refractivity contribution is 6.35. The normalized spacial score (nSPS) is 10.2. The summed E-state index contributed by atoms with van der Waals surface area (Å²) in [5, 5.41) is 0.278. The van der Waals surface area contributed by atoms with E-state index < -0.39 is 11.6 Å². The van der Waals surface area contributed by atoms with E-state index in [1.165, 1.54) is 24.3 Å². The molecule has 0 spiro atoms. The number of nitrogens with two attached hydrogens (primary N) is 1. The average molecular weight is 250 g/mol. The Hall–Kier alpha value is -1.87. The molecule has 0 aliphatic carbocycles. The van der Waals surface area contributed by atoms with Gasteiger partial charge in [0.05, 0.1) is 10.6 Å². The molecule has 0 radical (unpaired) electrons. The maximum Gasteiger partial charge on any atom is 0.199 e. The number of hydrogen-bond donors (Lipinski definition) is 1. The van der Waals surface area contributed by atoms with Gasteiger partial charge in [-0.05, 0) is 24.3 Å². The van der Waals surface area contributed by atoms with Crippen LogP contribution in [-0.2, 0) is 0 Å². The molecule has 0 aliphatic heterocycles. The predicted octanol–water partition coefficient (Wildman–Crippen LogP) is 3.29. The van der Waals surface area contributed by atoms with Crippen molar-refractivity contribution in [3.63, 3.8) is 0 Å². The Labute approximate surface area is 103 Å². The molecule has 17 heavy (non-hydrogen) atoms. The Morgan fingerprint density at radius 3 is 2.47 bits per heavy atom. The molecule has 4 heteroatoms. The van der Waals surface area contributed by atoms with Crippen molar-refractivity contribution in [2.45, 2.75) is 0 Å². The van der Waals surface area contributed by atoms with Crippen LogP contribution in [0.15, 0.2) is 42.5 Å². The molecule has 2 nitrogen and oxygen atoms in total. The Morgan fingerprint density at radius 2 is 1.82 bits per heavy atom. The smallest absolute Gasteiger partial charge is 0.199 e. The zero-order valence-corrected chi connectivity index (χ0v) is 9.54. The van der Waals surface area contributed by atoms with Gasteiger partial charge in [0.2, 0.25) is 0 Å². The summed E-state index contributed by atoms with van der Waals surface area (Å²) in [7, 11) is 0. The quantitative estimate of drug-likeness (QED) is 0.656. The van der Waals surface area contributed by atoms with E-state index in [4.69, 9.17) is 17.3 Å². The monoisotopic (exact) mass is 249 g/mol. The lowest BCUT2D eigenvalue weighted by molar-refractivity contribution is 0.103. The lowest BCUT2D eigenvalue weighted by Gasteiger charge is -2.07. The van der Waals surface area contributed by atoms with Crippen LogP contribution in [0.3, 0.4) is 0 Å². The molecule has 0 aromatic heterocycles. The third-order valence-corrected chi connectivity index (χ3v) is 2.72. The lowest BCUT2D eigenvalue weighted by Crippen LogP contribution is -2.08. The first-order chi connectivity index (χ1) is 8.11. The summed E-state index contributed by atoms with van der Waals surface area (Å²) in [5.74, 6) is -1.15. The SMILES string of the molecule is Nc1cccc(F)c1C(=O)c1ccccc1Cl. The Bertz CT molecular complexity index is 563. The van der Waals surface area contributed by atoms with Crippen LogP contribution in [0.4, 0.5) is 10.1 Å². The highest BCUT2D eigenvalue weighted by Crippen LogP contribution is 2.24. The molecule has 0 amide bonds. The van der Waals surface area contributed by atoms with Crippen molar-refractivity contribution in [3.05, 3.63) is 64.4 Å². The highest BCUT2D eigenvalue weighted by atomic mass is 35.5. The second-order valence-corrected chi connectivity index (χ2v) is 3.92. The van der Waals surface area contributed by atoms with Gasteiger partial charge in [-0.15, -0.1) is 0 Å². The fourth-order valence-corrected chi connectivity index (χ4v) is 1.78. The molecule has 2 aromatic carbocycles. The molecule has 0 saturated heterocycles. The van der Waals surface area contributed by atoms with Gasteiger partial charge in [0.15, 0.2) is 5.78 Å². The van der Waals surface area contributed by atoms with Gasteiger partial charge < -0.3 is 5.73 Å². The van der Waals surface area contributed by atoms with Gasteiger partial charge in [0.25, 0.3) is 0 Å². The molecule has 0 bridgehead atoms. The minimum atomic E-state index is -0.644. The summed E-state index contributed by atoms with van der Waals surface area (Å²) in [6.45, 7) is 0. The Balaban J connectivity index is 2.56. The summed E-state index contributed by atoms with van der Waals surface area (Å²) in [5.41, 5.74) is 5.82. The van der Waals surface area contributed by atoms with E-state index in [0.29, 0.717) is 0 Å². The van der Waals surface area contributed by atoms with Crippen LogP contribution in [0.1, 0.15) is 15.9 Å². The first kappa shape index (κ1) is 11.6. The molecule has 0 saturated carbocycles. The molecule has 0 atom stereocenters. The molecular formula is C13H9ClFNO. The molecule has 0 heterocycles. The summed E-state index contributed by atoms with van der Waals surface area (Å²) in [6.07, 6.45) is 0. The molecule has 2 rings (SSSR count). The van der Waals surface area contributed by atoms with E-state index in [-0.39, 0.29) is 21.8 Å². The van der Waals surface area contributed by atoms with Gasteiger partial charge in [0, 0.05) is 11.3 Å². The van der Waals surface area contributed by atoms with Crippen LogP contribution in [0.5, 0.6) is 0 Å². The number of anilines is 1. The second kappa shape index (κ2) is 4.55. The lowest BCUT2D eigenvalue weighted by atomic mass is 10.0. The maximum absolute atomic E-state index is 13.6. The minimum Gasteiger partial charge on any atom is -0.398 e. The average Bonchev–Trinajstić information content (AvgIpc) is 2.29. The van der Waals surface area contributed by atoms with E-state index in [9.17, 15) is 9.18 Å². The van der Waals surface area contributed by atoms with Crippen LogP contribution < -0.4 is 5.73 Å². The van der Waals surface area contributed by atoms with E-state index in [0.717, 1.165) is 0 Å². The van der Waals surface area contributed by atoms with Crippen LogP contribution in [0.25, 0.3) is 0 Å². The molecule has 0 aliphatic rings. The van der Waals surface area contributed by atoms with Gasteiger partial charge >= 0.3 is 0 Å². The summed E-state index contributed by atoms with van der Waals surface area (Å²) in [4.78, 5) is 12.1. The van der Waals surface area contributed by atoms with E-state index >= 15 is 0 Å². The third-order valence-electron chi connectivity index (χ3n) is 2.39. The number of carbonyl (C=O) groups excluding carboxylic acids is 1. The molecule has 2 aromatic rings. The van der Waals surface area contributed by atoms with Crippen molar-refractivity contribution < 1.29 is 9.18 Å². The van der Waals surface area contributed by atoms with E-state index in [2.05, 4.69) is 0 Å². The van der Waals surface area contributed by atoms with Gasteiger partial charge in [-0.3, -0.25) is 4.79 Å². The zero-order valence-electron chi connectivity index (χ0n) is 8.78. The fraction of sp³-hybridized carbons (Fsp3) is 0. The van der Waals surface area contributed by atoms with Gasteiger partial charge in [0.1, 0.15) is 5.82 Å². The number of nitrogen functional groups attached to an aromatic ring is 1. The zero-order chi connectivity index (χ0) is 12.4. The number of halogens is 2. The summed E-state index contributed by atoms with van der Waals surface area (Å²) < 4.78 is 13.6.